The maximum absolute atomic E-state index is 6.01. The molecule has 2 aromatic carbocycles. The molecule has 1 aliphatic heterocycles. The molecule has 0 amide bonds. The number of hydrogen-bond acceptors (Lipinski definition) is 3. The third kappa shape index (κ3) is 3.69. The fourth-order valence-electron chi connectivity index (χ4n) is 2.43. The molecule has 2 aromatic rings. The summed E-state index contributed by atoms with van der Waals surface area (Å²) in [5.41, 5.74) is 2.44. The van der Waals surface area contributed by atoms with Crippen LogP contribution >= 0.6 is 11.6 Å². The third-order valence-corrected chi connectivity index (χ3v) is 3.76. The highest BCUT2D eigenvalue weighted by molar-refractivity contribution is 6.30. The van der Waals surface area contributed by atoms with Crippen LogP contribution in [-0.2, 0) is 13.0 Å². The van der Waals surface area contributed by atoms with Gasteiger partial charge in [-0.3, -0.25) is 0 Å². The van der Waals surface area contributed by atoms with E-state index in [0.717, 1.165) is 29.5 Å². The smallest absolute Gasteiger partial charge is 0.231 e. The summed E-state index contributed by atoms with van der Waals surface area (Å²) in [6.45, 7) is 3.30. The molecule has 21 heavy (non-hydrogen) atoms. The van der Waals surface area contributed by atoms with Crippen molar-refractivity contribution in [2.24, 2.45) is 0 Å². The highest BCUT2D eigenvalue weighted by Gasteiger charge is 2.13. The van der Waals surface area contributed by atoms with Crippen LogP contribution < -0.4 is 14.8 Å². The van der Waals surface area contributed by atoms with Crippen molar-refractivity contribution in [2.75, 3.05) is 6.79 Å². The van der Waals surface area contributed by atoms with Crippen molar-refractivity contribution in [1.29, 1.82) is 0 Å². The third-order valence-electron chi connectivity index (χ3n) is 3.52. The van der Waals surface area contributed by atoms with Crippen LogP contribution in [0.1, 0.15) is 18.1 Å². The molecule has 1 N–H and O–H groups in total. The molecule has 1 unspecified atom stereocenters. The number of ether oxygens (including phenoxy) is 2. The molecule has 0 saturated carbocycles. The van der Waals surface area contributed by atoms with Gasteiger partial charge in [0.05, 0.1) is 0 Å². The number of hydrogen-bond donors (Lipinski definition) is 1. The summed E-state index contributed by atoms with van der Waals surface area (Å²) in [7, 11) is 0. The van der Waals surface area contributed by atoms with Gasteiger partial charge in [0, 0.05) is 17.6 Å². The lowest BCUT2D eigenvalue weighted by molar-refractivity contribution is 0.174. The van der Waals surface area contributed by atoms with Crippen LogP contribution in [0.4, 0.5) is 0 Å². The molecule has 0 radical (unpaired) electrons. The zero-order valence-corrected chi connectivity index (χ0v) is 12.7. The molecule has 0 spiro atoms. The summed E-state index contributed by atoms with van der Waals surface area (Å²) in [4.78, 5) is 0. The minimum absolute atomic E-state index is 0.317. The lowest BCUT2D eigenvalue weighted by atomic mass is 10.1. The Balaban J connectivity index is 1.55. The molecule has 1 aliphatic rings. The Morgan fingerprint density at radius 3 is 2.81 bits per heavy atom. The minimum atomic E-state index is 0.317. The van der Waals surface area contributed by atoms with Gasteiger partial charge in [-0.15, -0.1) is 0 Å². The summed E-state index contributed by atoms with van der Waals surface area (Å²) in [5, 5.41) is 4.31. The average Bonchev–Trinajstić information content (AvgIpc) is 2.92. The van der Waals surface area contributed by atoms with Crippen molar-refractivity contribution in [2.45, 2.75) is 25.9 Å². The molecule has 1 atom stereocenters. The van der Waals surface area contributed by atoms with E-state index in [1.54, 1.807) is 0 Å². The summed E-state index contributed by atoms with van der Waals surface area (Å²) in [5.74, 6) is 1.66. The fourth-order valence-corrected chi connectivity index (χ4v) is 2.65. The molecule has 3 nitrogen and oxygen atoms in total. The van der Waals surface area contributed by atoms with E-state index >= 15 is 0 Å². The second-order valence-corrected chi connectivity index (χ2v) is 5.74. The van der Waals surface area contributed by atoms with E-state index < -0.39 is 0 Å². The van der Waals surface area contributed by atoms with Gasteiger partial charge in [0.1, 0.15) is 0 Å². The Kier molecular flexibility index (Phi) is 4.32. The van der Waals surface area contributed by atoms with Crippen LogP contribution in [0.3, 0.4) is 0 Å². The Morgan fingerprint density at radius 1 is 1.10 bits per heavy atom. The summed E-state index contributed by atoms with van der Waals surface area (Å²) in [6, 6.07) is 14.4. The van der Waals surface area contributed by atoms with Crippen molar-refractivity contribution in [1.82, 2.24) is 5.32 Å². The van der Waals surface area contributed by atoms with Crippen molar-refractivity contribution in [3.63, 3.8) is 0 Å². The highest BCUT2D eigenvalue weighted by atomic mass is 35.5. The quantitative estimate of drug-likeness (QED) is 0.911. The molecule has 3 rings (SSSR count). The molecule has 110 valence electrons. The number of rotatable bonds is 5. The van der Waals surface area contributed by atoms with E-state index in [1.165, 1.54) is 11.1 Å². The predicted octanol–water partition coefficient (Wildman–Crippen LogP) is 3.79. The van der Waals surface area contributed by atoms with Gasteiger partial charge in [-0.05, 0) is 48.7 Å². The van der Waals surface area contributed by atoms with E-state index in [2.05, 4.69) is 24.4 Å². The lowest BCUT2D eigenvalue weighted by Gasteiger charge is -2.14. The number of fused-ring (bicyclic) bond motifs is 1. The van der Waals surface area contributed by atoms with E-state index in [4.69, 9.17) is 21.1 Å². The van der Waals surface area contributed by atoms with Crippen molar-refractivity contribution >= 4 is 11.6 Å². The number of nitrogens with one attached hydrogen (secondary N) is 1. The van der Waals surface area contributed by atoms with Crippen LogP contribution in [0.2, 0.25) is 5.02 Å². The van der Waals surface area contributed by atoms with Crippen LogP contribution in [-0.4, -0.2) is 12.8 Å². The SMILES string of the molecule is CC(Cc1cccc(Cl)c1)NCc1ccc2c(c1)OCO2. The summed E-state index contributed by atoms with van der Waals surface area (Å²) < 4.78 is 10.7. The van der Waals surface area contributed by atoms with E-state index in [0.29, 0.717) is 12.8 Å². The minimum Gasteiger partial charge on any atom is -0.454 e. The van der Waals surface area contributed by atoms with Crippen molar-refractivity contribution < 1.29 is 9.47 Å². The lowest BCUT2D eigenvalue weighted by Crippen LogP contribution is -2.27. The largest absolute Gasteiger partial charge is 0.454 e. The molecule has 0 fully saturated rings. The van der Waals surface area contributed by atoms with Gasteiger partial charge in [0.25, 0.3) is 0 Å². The molecule has 0 bridgehead atoms. The number of halogens is 1. The summed E-state index contributed by atoms with van der Waals surface area (Å²) in [6.07, 6.45) is 0.950. The van der Waals surface area contributed by atoms with Gasteiger partial charge in [-0.1, -0.05) is 29.8 Å². The van der Waals surface area contributed by atoms with E-state index in [-0.39, 0.29) is 0 Å². The first kappa shape index (κ1) is 14.2. The number of benzene rings is 2. The van der Waals surface area contributed by atoms with Gasteiger partial charge in [-0.2, -0.15) is 0 Å². The van der Waals surface area contributed by atoms with Gasteiger partial charge in [0.15, 0.2) is 11.5 Å². The second-order valence-electron chi connectivity index (χ2n) is 5.30. The van der Waals surface area contributed by atoms with Crippen molar-refractivity contribution in [3.05, 3.63) is 58.6 Å². The van der Waals surface area contributed by atoms with Gasteiger partial charge in [-0.25, -0.2) is 0 Å². The molecule has 0 aromatic heterocycles. The predicted molar refractivity (Wildman–Crippen MR) is 84.0 cm³/mol. The Labute approximate surface area is 129 Å². The molecular weight excluding hydrogens is 286 g/mol. The first-order valence-corrected chi connectivity index (χ1v) is 7.45. The Morgan fingerprint density at radius 2 is 1.95 bits per heavy atom. The Hall–Kier alpha value is -1.71. The zero-order valence-electron chi connectivity index (χ0n) is 11.9. The first-order chi connectivity index (χ1) is 10.2. The van der Waals surface area contributed by atoms with Crippen molar-refractivity contribution in [3.8, 4) is 11.5 Å². The molecule has 0 aliphatic carbocycles. The van der Waals surface area contributed by atoms with Gasteiger partial charge >= 0.3 is 0 Å². The maximum atomic E-state index is 6.01. The molecular formula is C17H18ClNO2. The van der Waals surface area contributed by atoms with Crippen LogP contribution in [0.25, 0.3) is 0 Å². The van der Waals surface area contributed by atoms with Crippen LogP contribution in [0, 0.1) is 0 Å². The fraction of sp³-hybridized carbons (Fsp3) is 0.294. The molecule has 1 heterocycles. The molecule has 4 heteroatoms. The average molecular weight is 304 g/mol. The standard InChI is InChI=1S/C17H18ClNO2/c1-12(7-13-3-2-4-15(18)8-13)19-10-14-5-6-16-17(9-14)21-11-20-16/h2-6,8-9,12,19H,7,10-11H2,1H3. The topological polar surface area (TPSA) is 30.5 Å². The van der Waals surface area contributed by atoms with Gasteiger partial charge in [0.2, 0.25) is 6.79 Å². The maximum Gasteiger partial charge on any atom is 0.231 e. The van der Waals surface area contributed by atoms with Crippen LogP contribution in [0.15, 0.2) is 42.5 Å². The van der Waals surface area contributed by atoms with E-state index in [9.17, 15) is 0 Å². The van der Waals surface area contributed by atoms with E-state index in [1.807, 2.05) is 30.3 Å². The normalized spacial score (nSPS) is 14.2. The van der Waals surface area contributed by atoms with Gasteiger partial charge < -0.3 is 14.8 Å². The Bertz CT molecular complexity index is 630. The summed E-state index contributed by atoms with van der Waals surface area (Å²) >= 11 is 6.01. The highest BCUT2D eigenvalue weighted by Crippen LogP contribution is 2.32. The second kappa shape index (κ2) is 6.37. The first-order valence-electron chi connectivity index (χ1n) is 7.07. The zero-order chi connectivity index (χ0) is 14.7. The van der Waals surface area contributed by atoms with Crippen LogP contribution in [0.5, 0.6) is 11.5 Å². The monoisotopic (exact) mass is 303 g/mol. The molecule has 0 saturated heterocycles.